The SMILES string of the molecule is O=C1CC(S(=O)(=O)Cl)CN1c1ncccc1OCc1ccccc1. The van der Waals surface area contributed by atoms with E-state index in [1.54, 1.807) is 12.1 Å². The first-order valence-electron chi connectivity index (χ1n) is 7.31. The lowest BCUT2D eigenvalue weighted by molar-refractivity contribution is -0.117. The highest BCUT2D eigenvalue weighted by Gasteiger charge is 2.39. The quantitative estimate of drug-likeness (QED) is 0.759. The largest absolute Gasteiger partial charge is 0.485 e. The third kappa shape index (κ3) is 3.68. The number of anilines is 1. The van der Waals surface area contributed by atoms with Crippen LogP contribution in [0.2, 0.25) is 0 Å². The van der Waals surface area contributed by atoms with Gasteiger partial charge in [0.25, 0.3) is 0 Å². The van der Waals surface area contributed by atoms with Gasteiger partial charge in [0.2, 0.25) is 15.0 Å². The molecule has 3 rings (SSSR count). The van der Waals surface area contributed by atoms with Gasteiger partial charge in [-0.15, -0.1) is 0 Å². The minimum Gasteiger partial charge on any atom is -0.485 e. The number of ether oxygens (including phenoxy) is 1. The smallest absolute Gasteiger partial charge is 0.237 e. The van der Waals surface area contributed by atoms with Gasteiger partial charge in [0.15, 0.2) is 11.6 Å². The van der Waals surface area contributed by atoms with Crippen LogP contribution < -0.4 is 9.64 Å². The number of carbonyl (C=O) groups excluding carboxylic acids is 1. The van der Waals surface area contributed by atoms with Crippen molar-refractivity contribution < 1.29 is 17.9 Å². The average Bonchev–Trinajstić information content (AvgIpc) is 2.96. The van der Waals surface area contributed by atoms with Gasteiger partial charge in [0.05, 0.1) is 0 Å². The molecule has 1 saturated heterocycles. The molecule has 24 heavy (non-hydrogen) atoms. The van der Waals surface area contributed by atoms with Gasteiger partial charge in [-0.2, -0.15) is 0 Å². The zero-order valence-corrected chi connectivity index (χ0v) is 14.2. The van der Waals surface area contributed by atoms with E-state index < -0.39 is 14.3 Å². The summed E-state index contributed by atoms with van der Waals surface area (Å²) in [5, 5.41) is -0.935. The Morgan fingerprint density at radius 2 is 1.96 bits per heavy atom. The minimum atomic E-state index is -3.80. The molecular weight excluding hydrogens is 352 g/mol. The molecular formula is C16H15ClN2O4S. The molecule has 6 nitrogen and oxygen atoms in total. The van der Waals surface area contributed by atoms with Gasteiger partial charge in [-0.25, -0.2) is 13.4 Å². The highest BCUT2D eigenvalue weighted by Crippen LogP contribution is 2.32. The van der Waals surface area contributed by atoms with Crippen LogP contribution in [0.15, 0.2) is 48.7 Å². The average molecular weight is 367 g/mol. The summed E-state index contributed by atoms with van der Waals surface area (Å²) < 4.78 is 28.7. The first-order chi connectivity index (χ1) is 11.4. The number of hydrogen-bond donors (Lipinski definition) is 0. The molecule has 1 fully saturated rings. The Labute approximate surface area is 144 Å². The van der Waals surface area contributed by atoms with E-state index in [0.717, 1.165) is 5.56 Å². The monoisotopic (exact) mass is 366 g/mol. The molecule has 2 aromatic rings. The molecule has 1 aliphatic rings. The van der Waals surface area contributed by atoms with E-state index in [1.165, 1.54) is 11.1 Å². The van der Waals surface area contributed by atoms with Crippen molar-refractivity contribution >= 4 is 31.5 Å². The van der Waals surface area contributed by atoms with Crippen LogP contribution in [0.4, 0.5) is 5.82 Å². The lowest BCUT2D eigenvalue weighted by Gasteiger charge is -2.18. The van der Waals surface area contributed by atoms with Crippen molar-refractivity contribution in [3.05, 3.63) is 54.2 Å². The molecule has 2 heterocycles. The van der Waals surface area contributed by atoms with Gasteiger partial charge in [-0.05, 0) is 17.7 Å². The number of pyridine rings is 1. The molecule has 1 atom stereocenters. The summed E-state index contributed by atoms with van der Waals surface area (Å²) in [7, 11) is 1.58. The minimum absolute atomic E-state index is 0.0244. The molecule has 1 aromatic carbocycles. The highest BCUT2D eigenvalue weighted by atomic mass is 35.7. The normalized spacial score (nSPS) is 18.0. The fourth-order valence-corrected chi connectivity index (χ4v) is 3.53. The molecule has 1 amide bonds. The third-order valence-electron chi connectivity index (χ3n) is 3.73. The van der Waals surface area contributed by atoms with Crippen LogP contribution in [0, 0.1) is 0 Å². The number of rotatable bonds is 5. The van der Waals surface area contributed by atoms with E-state index in [1.807, 2.05) is 30.3 Å². The predicted octanol–water partition coefficient (Wildman–Crippen LogP) is 2.33. The molecule has 0 radical (unpaired) electrons. The maximum atomic E-state index is 12.2. The number of hydrogen-bond acceptors (Lipinski definition) is 5. The van der Waals surface area contributed by atoms with E-state index >= 15 is 0 Å². The Hall–Kier alpha value is -2.12. The van der Waals surface area contributed by atoms with Crippen LogP contribution >= 0.6 is 10.7 Å². The summed E-state index contributed by atoms with van der Waals surface area (Å²) in [5.74, 6) is 0.385. The molecule has 1 aliphatic heterocycles. The lowest BCUT2D eigenvalue weighted by atomic mass is 10.2. The van der Waals surface area contributed by atoms with E-state index in [9.17, 15) is 13.2 Å². The summed E-state index contributed by atoms with van der Waals surface area (Å²) in [6.07, 6.45) is 1.38. The maximum absolute atomic E-state index is 12.2. The standard InChI is InChI=1S/C16H15ClN2O4S/c17-24(21,22)13-9-15(20)19(10-13)16-14(7-4-8-18-16)23-11-12-5-2-1-3-6-12/h1-8,13H,9-11H2. The molecule has 0 bridgehead atoms. The van der Waals surface area contributed by atoms with E-state index in [2.05, 4.69) is 4.98 Å². The van der Waals surface area contributed by atoms with Crippen molar-refractivity contribution in [3.63, 3.8) is 0 Å². The van der Waals surface area contributed by atoms with Gasteiger partial charge in [-0.3, -0.25) is 9.69 Å². The Morgan fingerprint density at radius 3 is 2.62 bits per heavy atom. The van der Waals surface area contributed by atoms with Crippen LogP contribution in [-0.2, 0) is 20.5 Å². The first kappa shape index (κ1) is 16.7. The topological polar surface area (TPSA) is 76.6 Å². The van der Waals surface area contributed by atoms with Crippen LogP contribution in [0.5, 0.6) is 5.75 Å². The number of aromatic nitrogens is 1. The molecule has 0 spiro atoms. The molecule has 1 aromatic heterocycles. The van der Waals surface area contributed by atoms with Crippen LogP contribution in [0.25, 0.3) is 0 Å². The summed E-state index contributed by atoms with van der Waals surface area (Å²) in [4.78, 5) is 17.7. The number of benzene rings is 1. The highest BCUT2D eigenvalue weighted by molar-refractivity contribution is 8.14. The Kier molecular flexibility index (Phi) is 4.73. The zero-order chi connectivity index (χ0) is 17.2. The zero-order valence-electron chi connectivity index (χ0n) is 12.6. The summed E-state index contributed by atoms with van der Waals surface area (Å²) >= 11 is 0. The number of halogens is 1. The number of nitrogens with zero attached hydrogens (tertiary/aromatic N) is 2. The fraction of sp³-hybridized carbons (Fsp3) is 0.250. The third-order valence-corrected chi connectivity index (χ3v) is 5.60. The van der Waals surface area contributed by atoms with Gasteiger partial charge in [0.1, 0.15) is 11.9 Å². The Morgan fingerprint density at radius 1 is 1.21 bits per heavy atom. The van der Waals surface area contributed by atoms with Gasteiger partial charge in [0, 0.05) is 29.8 Å². The predicted molar refractivity (Wildman–Crippen MR) is 90.5 cm³/mol. The number of amides is 1. The van der Waals surface area contributed by atoms with E-state index in [4.69, 9.17) is 15.4 Å². The van der Waals surface area contributed by atoms with Crippen molar-refractivity contribution in [2.24, 2.45) is 0 Å². The second-order valence-electron chi connectivity index (χ2n) is 5.41. The number of carbonyl (C=O) groups is 1. The van der Waals surface area contributed by atoms with E-state index in [-0.39, 0.29) is 18.9 Å². The lowest BCUT2D eigenvalue weighted by Crippen LogP contribution is -2.28. The molecule has 0 N–H and O–H groups in total. The second-order valence-corrected chi connectivity index (χ2v) is 8.31. The van der Waals surface area contributed by atoms with Gasteiger partial charge < -0.3 is 4.74 Å². The van der Waals surface area contributed by atoms with Crippen molar-refractivity contribution in [1.82, 2.24) is 4.98 Å². The summed E-state index contributed by atoms with van der Waals surface area (Å²) in [6, 6.07) is 13.0. The molecule has 126 valence electrons. The van der Waals surface area contributed by atoms with Crippen LogP contribution in [0.1, 0.15) is 12.0 Å². The maximum Gasteiger partial charge on any atom is 0.237 e. The molecule has 1 unspecified atom stereocenters. The summed E-state index contributed by atoms with van der Waals surface area (Å²) in [5.41, 5.74) is 0.973. The fourth-order valence-electron chi connectivity index (χ4n) is 2.50. The molecule has 8 heteroatoms. The van der Waals surface area contributed by atoms with Crippen LogP contribution in [0.3, 0.4) is 0 Å². The Bertz CT molecular complexity index is 842. The van der Waals surface area contributed by atoms with Gasteiger partial charge in [-0.1, -0.05) is 30.3 Å². The van der Waals surface area contributed by atoms with E-state index in [0.29, 0.717) is 18.2 Å². The Balaban J connectivity index is 1.80. The van der Waals surface area contributed by atoms with Gasteiger partial charge >= 0.3 is 0 Å². The van der Waals surface area contributed by atoms with Crippen molar-refractivity contribution in [2.45, 2.75) is 18.3 Å². The second kappa shape index (κ2) is 6.78. The van der Waals surface area contributed by atoms with Crippen molar-refractivity contribution in [1.29, 1.82) is 0 Å². The molecule has 0 aliphatic carbocycles. The van der Waals surface area contributed by atoms with Crippen molar-refractivity contribution in [2.75, 3.05) is 11.4 Å². The first-order valence-corrected chi connectivity index (χ1v) is 9.68. The molecule has 0 saturated carbocycles. The van der Waals surface area contributed by atoms with Crippen LogP contribution in [-0.4, -0.2) is 31.1 Å². The summed E-state index contributed by atoms with van der Waals surface area (Å²) in [6.45, 7) is 0.294. The van der Waals surface area contributed by atoms with Crippen molar-refractivity contribution in [3.8, 4) is 5.75 Å².